The van der Waals surface area contributed by atoms with Crippen LogP contribution in [0.1, 0.15) is 32.6 Å². The van der Waals surface area contributed by atoms with Gasteiger partial charge in [0.2, 0.25) is 10.0 Å². The van der Waals surface area contributed by atoms with E-state index in [0.29, 0.717) is 19.0 Å². The van der Waals surface area contributed by atoms with Crippen LogP contribution in [0.25, 0.3) is 0 Å². The van der Waals surface area contributed by atoms with Gasteiger partial charge < -0.3 is 5.73 Å². The monoisotopic (exact) mass is 300 g/mol. The van der Waals surface area contributed by atoms with Gasteiger partial charge in [0.25, 0.3) is 0 Å². The van der Waals surface area contributed by atoms with E-state index in [1.54, 1.807) is 0 Å². The molecule has 1 aromatic carbocycles. The molecule has 0 unspecified atom stereocenters. The molecule has 1 aliphatic heterocycles. The largest absolute Gasteiger partial charge is 0.399 e. The van der Waals surface area contributed by atoms with Crippen LogP contribution >= 0.6 is 0 Å². The zero-order valence-electron chi connectivity index (χ0n) is 11.7. The minimum atomic E-state index is -3.75. The van der Waals surface area contributed by atoms with Gasteiger partial charge in [-0.2, -0.15) is 4.31 Å². The van der Waals surface area contributed by atoms with E-state index in [-0.39, 0.29) is 10.6 Å². The predicted molar refractivity (Wildman–Crippen MR) is 77.2 cm³/mol. The molecule has 0 aromatic heterocycles. The number of piperidine rings is 1. The lowest BCUT2D eigenvalue weighted by molar-refractivity contribution is 0.262. The van der Waals surface area contributed by atoms with E-state index < -0.39 is 15.8 Å². The fraction of sp³-hybridized carbons (Fsp3) is 0.571. The minimum Gasteiger partial charge on any atom is -0.399 e. The van der Waals surface area contributed by atoms with Gasteiger partial charge in [0.1, 0.15) is 10.7 Å². The number of benzene rings is 1. The number of nitrogens with two attached hydrogens (primary N) is 1. The number of nitrogen functional groups attached to an aromatic ring is 1. The van der Waals surface area contributed by atoms with Gasteiger partial charge in [-0.05, 0) is 37.0 Å². The van der Waals surface area contributed by atoms with Gasteiger partial charge in [-0.3, -0.25) is 0 Å². The van der Waals surface area contributed by atoms with E-state index >= 15 is 0 Å². The van der Waals surface area contributed by atoms with Crippen molar-refractivity contribution in [2.24, 2.45) is 5.92 Å². The topological polar surface area (TPSA) is 63.4 Å². The summed E-state index contributed by atoms with van der Waals surface area (Å²) in [6.45, 7) is 3.07. The van der Waals surface area contributed by atoms with Crippen LogP contribution in [0.2, 0.25) is 0 Å². The maximum atomic E-state index is 13.8. The van der Waals surface area contributed by atoms with Crippen molar-refractivity contribution in [3.63, 3.8) is 0 Å². The van der Waals surface area contributed by atoms with Gasteiger partial charge in [-0.1, -0.05) is 19.8 Å². The van der Waals surface area contributed by atoms with E-state index in [1.165, 1.54) is 16.4 Å². The van der Waals surface area contributed by atoms with Crippen LogP contribution in [0.15, 0.2) is 23.1 Å². The Hall–Kier alpha value is -1.14. The third-order valence-corrected chi connectivity index (χ3v) is 5.78. The van der Waals surface area contributed by atoms with E-state index in [2.05, 4.69) is 6.92 Å². The first-order chi connectivity index (χ1) is 9.45. The Balaban J connectivity index is 2.15. The van der Waals surface area contributed by atoms with Gasteiger partial charge in [-0.25, -0.2) is 12.8 Å². The van der Waals surface area contributed by atoms with Gasteiger partial charge in [0.05, 0.1) is 0 Å². The summed E-state index contributed by atoms with van der Waals surface area (Å²) in [7, 11) is -3.75. The van der Waals surface area contributed by atoms with Crippen molar-refractivity contribution >= 4 is 15.7 Å². The molecule has 2 rings (SSSR count). The second-order valence-electron chi connectivity index (χ2n) is 5.33. The molecule has 0 radical (unpaired) electrons. The minimum absolute atomic E-state index is 0.225. The highest BCUT2D eigenvalue weighted by molar-refractivity contribution is 7.89. The third kappa shape index (κ3) is 3.12. The number of rotatable bonds is 4. The summed E-state index contributed by atoms with van der Waals surface area (Å²) in [5.41, 5.74) is 5.68. The molecule has 4 nitrogen and oxygen atoms in total. The number of hydrogen-bond donors (Lipinski definition) is 1. The third-order valence-electron chi connectivity index (χ3n) is 3.84. The van der Waals surface area contributed by atoms with Crippen LogP contribution in [-0.2, 0) is 10.0 Å². The Bertz CT molecular complexity index is 567. The molecule has 1 aliphatic rings. The molecule has 112 valence electrons. The number of nitrogens with zero attached hydrogens (tertiary/aromatic N) is 1. The van der Waals surface area contributed by atoms with E-state index in [0.717, 1.165) is 31.7 Å². The Kier molecular flexibility index (Phi) is 4.65. The number of hydrogen-bond acceptors (Lipinski definition) is 3. The summed E-state index contributed by atoms with van der Waals surface area (Å²) in [6.07, 6.45) is 3.95. The highest BCUT2D eigenvalue weighted by Crippen LogP contribution is 2.27. The van der Waals surface area contributed by atoms with Crippen LogP contribution in [0.3, 0.4) is 0 Å². The highest BCUT2D eigenvalue weighted by Gasteiger charge is 2.30. The molecular formula is C14H21FN2O2S. The second-order valence-corrected chi connectivity index (χ2v) is 7.23. The zero-order chi connectivity index (χ0) is 14.8. The smallest absolute Gasteiger partial charge is 0.245 e. The number of halogens is 1. The van der Waals surface area contributed by atoms with Gasteiger partial charge in [-0.15, -0.1) is 0 Å². The molecular weight excluding hydrogens is 279 g/mol. The first kappa shape index (κ1) is 15.3. The van der Waals surface area contributed by atoms with Crippen LogP contribution < -0.4 is 5.73 Å². The molecule has 0 aliphatic carbocycles. The van der Waals surface area contributed by atoms with Crippen molar-refractivity contribution in [2.45, 2.75) is 37.5 Å². The van der Waals surface area contributed by atoms with Crippen LogP contribution in [0.4, 0.5) is 10.1 Å². The van der Waals surface area contributed by atoms with E-state index in [9.17, 15) is 12.8 Å². The number of sulfonamides is 1. The molecule has 1 heterocycles. The molecule has 1 fully saturated rings. The summed E-state index contributed by atoms with van der Waals surface area (Å²) in [6, 6.07) is 3.72. The average Bonchev–Trinajstić information content (AvgIpc) is 2.39. The first-order valence-corrected chi connectivity index (χ1v) is 8.44. The Morgan fingerprint density at radius 1 is 1.35 bits per heavy atom. The molecule has 1 aromatic rings. The molecule has 6 heteroatoms. The lowest BCUT2D eigenvalue weighted by Gasteiger charge is -2.31. The van der Waals surface area contributed by atoms with Gasteiger partial charge >= 0.3 is 0 Å². The average molecular weight is 300 g/mol. The zero-order valence-corrected chi connectivity index (χ0v) is 12.5. The quantitative estimate of drug-likeness (QED) is 0.869. The van der Waals surface area contributed by atoms with Crippen molar-refractivity contribution in [1.29, 1.82) is 0 Å². The van der Waals surface area contributed by atoms with Crippen molar-refractivity contribution in [1.82, 2.24) is 4.31 Å². The highest BCUT2D eigenvalue weighted by atomic mass is 32.2. The maximum Gasteiger partial charge on any atom is 0.245 e. The van der Waals surface area contributed by atoms with Crippen molar-refractivity contribution in [3.05, 3.63) is 24.0 Å². The van der Waals surface area contributed by atoms with Crippen LogP contribution in [0, 0.1) is 11.7 Å². The molecule has 2 N–H and O–H groups in total. The molecule has 0 spiro atoms. The summed E-state index contributed by atoms with van der Waals surface area (Å²) < 4.78 is 40.1. The summed E-state index contributed by atoms with van der Waals surface area (Å²) >= 11 is 0. The predicted octanol–water partition coefficient (Wildman–Crippen LogP) is 2.61. The first-order valence-electron chi connectivity index (χ1n) is 7.00. The summed E-state index contributed by atoms with van der Waals surface area (Å²) in [5.74, 6) is -0.191. The molecule has 0 saturated carbocycles. The number of anilines is 1. The maximum absolute atomic E-state index is 13.8. The van der Waals surface area contributed by atoms with Crippen LogP contribution in [-0.4, -0.2) is 25.8 Å². The summed E-state index contributed by atoms with van der Waals surface area (Å²) in [5, 5.41) is 0. The summed E-state index contributed by atoms with van der Waals surface area (Å²) in [4.78, 5) is -0.277. The van der Waals surface area contributed by atoms with E-state index in [1.807, 2.05) is 0 Å². The van der Waals surface area contributed by atoms with E-state index in [4.69, 9.17) is 5.73 Å². The van der Waals surface area contributed by atoms with Crippen molar-refractivity contribution < 1.29 is 12.8 Å². The van der Waals surface area contributed by atoms with Crippen LogP contribution in [0.5, 0.6) is 0 Å². The Labute approximate surface area is 119 Å². The molecule has 0 bridgehead atoms. The van der Waals surface area contributed by atoms with Crippen molar-refractivity contribution in [3.8, 4) is 0 Å². The fourth-order valence-electron chi connectivity index (χ4n) is 2.71. The molecule has 0 amide bonds. The lowest BCUT2D eigenvalue weighted by Crippen LogP contribution is -2.38. The Morgan fingerprint density at radius 2 is 2.00 bits per heavy atom. The molecule has 20 heavy (non-hydrogen) atoms. The van der Waals surface area contributed by atoms with Gasteiger partial charge in [0, 0.05) is 18.8 Å². The lowest BCUT2D eigenvalue weighted by atomic mass is 9.94. The normalized spacial score (nSPS) is 18.3. The second kappa shape index (κ2) is 6.10. The SMILES string of the molecule is CCCC1CCN(S(=O)(=O)c2ccc(N)cc2F)CC1. The molecule has 0 atom stereocenters. The van der Waals surface area contributed by atoms with Crippen molar-refractivity contribution in [2.75, 3.05) is 18.8 Å². The Morgan fingerprint density at radius 3 is 2.55 bits per heavy atom. The standard InChI is InChI=1S/C14H21FN2O2S/c1-2-3-11-6-8-17(9-7-11)20(18,19)14-5-4-12(16)10-13(14)15/h4-5,10-11H,2-3,6-9,16H2,1H3. The fourth-order valence-corrected chi connectivity index (χ4v) is 4.23. The molecule has 1 saturated heterocycles. The van der Waals surface area contributed by atoms with Gasteiger partial charge in [0.15, 0.2) is 0 Å².